The third-order valence-corrected chi connectivity index (χ3v) is 8.97. The first-order chi connectivity index (χ1) is 20.9. The zero-order valence-electron chi connectivity index (χ0n) is 25.3. The van der Waals surface area contributed by atoms with Crippen LogP contribution in [0.2, 0.25) is 0 Å². The molecular formula is C29H31F11O4Si2. The highest BCUT2D eigenvalue weighted by atomic mass is 28.2. The minimum atomic E-state index is -6.94. The van der Waals surface area contributed by atoms with Crippen LogP contribution in [0.3, 0.4) is 0 Å². The number of benzene rings is 2. The van der Waals surface area contributed by atoms with Crippen molar-refractivity contribution in [3.8, 4) is 22.6 Å². The van der Waals surface area contributed by atoms with Crippen LogP contribution in [-0.2, 0) is 8.85 Å². The van der Waals surface area contributed by atoms with Gasteiger partial charge in [-0.25, -0.2) is 4.39 Å². The number of unbranched alkanes of at least 4 members (excludes halogenated alkanes) is 1. The van der Waals surface area contributed by atoms with Gasteiger partial charge in [-0.15, -0.1) is 0 Å². The number of hydrogen-bond acceptors (Lipinski definition) is 4. The van der Waals surface area contributed by atoms with Crippen molar-refractivity contribution in [2.75, 3.05) is 6.61 Å². The van der Waals surface area contributed by atoms with E-state index in [2.05, 4.69) is 21.0 Å². The summed E-state index contributed by atoms with van der Waals surface area (Å²) < 4.78 is 169. The maximum absolute atomic E-state index is 15.3. The first-order valence-electron chi connectivity index (χ1n) is 13.7. The fourth-order valence-electron chi connectivity index (χ4n) is 4.21. The SMILES string of the molecule is CCC(C)(C)C(C)(C)C(O[Si])(O[Si])Oc1ccc(-c2ccc(OCCCCC(F)(F)C(F)(F)C(F)(F)C(F)(F)F)cc2)c(F)c1F. The normalized spacial score (nSPS) is 14.0. The summed E-state index contributed by atoms with van der Waals surface area (Å²) in [6, 6.07) is 7.61. The Kier molecular flexibility index (Phi) is 12.1. The maximum atomic E-state index is 15.3. The summed E-state index contributed by atoms with van der Waals surface area (Å²) in [5.74, 6) is -24.3. The molecule has 4 nitrogen and oxygen atoms in total. The first kappa shape index (κ1) is 39.8. The second-order valence-corrected chi connectivity index (χ2v) is 12.1. The van der Waals surface area contributed by atoms with Gasteiger partial charge in [0.15, 0.2) is 11.6 Å². The van der Waals surface area contributed by atoms with Crippen molar-refractivity contribution in [3.05, 3.63) is 48.0 Å². The van der Waals surface area contributed by atoms with E-state index in [-0.39, 0.29) is 16.9 Å². The molecule has 0 aliphatic heterocycles. The van der Waals surface area contributed by atoms with Gasteiger partial charge in [0, 0.05) is 12.0 Å². The van der Waals surface area contributed by atoms with Crippen LogP contribution in [0.4, 0.5) is 48.3 Å². The number of hydrogen-bond donors (Lipinski definition) is 0. The van der Waals surface area contributed by atoms with Crippen LogP contribution in [0, 0.1) is 22.5 Å². The van der Waals surface area contributed by atoms with Crippen molar-refractivity contribution < 1.29 is 66.6 Å². The molecule has 0 saturated carbocycles. The zero-order valence-corrected chi connectivity index (χ0v) is 27.3. The van der Waals surface area contributed by atoms with Gasteiger partial charge in [-0.2, -0.15) is 43.9 Å². The quantitative estimate of drug-likeness (QED) is 0.0754. The fourth-order valence-corrected chi connectivity index (χ4v) is 4.97. The highest BCUT2D eigenvalue weighted by Crippen LogP contribution is 2.54. The second kappa shape index (κ2) is 14.0. The third-order valence-electron chi connectivity index (χ3n) is 8.43. The van der Waals surface area contributed by atoms with E-state index < -0.39 is 84.0 Å². The smallest absolute Gasteiger partial charge is 0.460 e. The Morgan fingerprint density at radius 2 is 1.24 bits per heavy atom. The lowest BCUT2D eigenvalue weighted by Crippen LogP contribution is -2.60. The molecule has 0 amide bonds. The minimum Gasteiger partial charge on any atom is -0.494 e. The summed E-state index contributed by atoms with van der Waals surface area (Å²) in [4.78, 5) is 0. The van der Waals surface area contributed by atoms with Gasteiger partial charge in [0.05, 0.1) is 12.0 Å². The lowest BCUT2D eigenvalue weighted by Gasteiger charge is -2.51. The van der Waals surface area contributed by atoms with E-state index >= 15 is 8.78 Å². The van der Waals surface area contributed by atoms with Gasteiger partial charge in [-0.05, 0) is 48.1 Å². The molecule has 2 aromatic carbocycles. The largest absolute Gasteiger partial charge is 0.494 e. The molecule has 46 heavy (non-hydrogen) atoms. The molecule has 0 N–H and O–H groups in total. The summed E-state index contributed by atoms with van der Waals surface area (Å²) in [7, 11) is 5.85. The summed E-state index contributed by atoms with van der Waals surface area (Å²) in [5, 5.41) is 0. The fraction of sp³-hybridized carbons (Fsp3) is 0.586. The summed E-state index contributed by atoms with van der Waals surface area (Å²) in [6.45, 7) is 8.82. The van der Waals surface area contributed by atoms with Crippen molar-refractivity contribution in [3.63, 3.8) is 0 Å². The van der Waals surface area contributed by atoms with Crippen LogP contribution < -0.4 is 9.47 Å². The summed E-state index contributed by atoms with van der Waals surface area (Å²) >= 11 is 0. The van der Waals surface area contributed by atoms with Gasteiger partial charge in [0.2, 0.25) is 5.82 Å². The number of rotatable bonds is 16. The monoisotopic (exact) mass is 708 g/mol. The minimum absolute atomic E-state index is 0.0827. The molecule has 256 valence electrons. The molecule has 17 heteroatoms. The van der Waals surface area contributed by atoms with E-state index in [9.17, 15) is 39.5 Å². The second-order valence-electron chi connectivity index (χ2n) is 11.6. The summed E-state index contributed by atoms with van der Waals surface area (Å²) in [5.41, 5.74) is -1.48. The topological polar surface area (TPSA) is 36.9 Å². The van der Waals surface area contributed by atoms with E-state index in [0.29, 0.717) is 6.42 Å². The van der Waals surface area contributed by atoms with Crippen LogP contribution in [0.15, 0.2) is 36.4 Å². The van der Waals surface area contributed by atoms with E-state index in [1.165, 1.54) is 30.3 Å². The predicted octanol–water partition coefficient (Wildman–Crippen LogP) is 9.34. The molecule has 0 spiro atoms. The van der Waals surface area contributed by atoms with E-state index in [1.807, 2.05) is 20.8 Å². The molecule has 0 saturated heterocycles. The van der Waals surface area contributed by atoms with Crippen LogP contribution in [-0.4, -0.2) is 57.5 Å². The zero-order chi connectivity index (χ0) is 35.6. The predicted molar refractivity (Wildman–Crippen MR) is 147 cm³/mol. The Morgan fingerprint density at radius 1 is 0.696 bits per heavy atom. The molecule has 0 fully saturated rings. The molecule has 0 bridgehead atoms. The standard InChI is InChI=1S/C29H31F11O4Si2/c1-6-23(2,3)24(4,5)29(43-45,44-46)42-20-14-13-19(21(30)22(20)31)17-9-11-18(12-10-17)41-16-8-7-15-25(32,33)26(34,35)27(36,37)28(38,39)40/h9-14H,6-8,15-16H2,1-5H3. The van der Waals surface area contributed by atoms with Crippen molar-refractivity contribution in [2.24, 2.45) is 10.8 Å². The summed E-state index contributed by atoms with van der Waals surface area (Å²) in [6.07, 6.45) is -9.48. The number of halogens is 11. The molecule has 0 unspecified atom stereocenters. The molecular weight excluding hydrogens is 677 g/mol. The van der Waals surface area contributed by atoms with E-state index in [1.54, 1.807) is 13.8 Å². The molecule has 0 heterocycles. The van der Waals surface area contributed by atoms with Gasteiger partial charge >= 0.3 is 29.9 Å². The average Bonchev–Trinajstić information content (AvgIpc) is 2.97. The average molecular weight is 709 g/mol. The Bertz CT molecular complexity index is 1310. The maximum Gasteiger partial charge on any atom is 0.460 e. The molecule has 0 aliphatic carbocycles. The van der Waals surface area contributed by atoms with E-state index in [4.69, 9.17) is 18.3 Å². The van der Waals surface area contributed by atoms with Crippen LogP contribution in [0.25, 0.3) is 11.1 Å². The van der Waals surface area contributed by atoms with Crippen LogP contribution in [0.5, 0.6) is 11.5 Å². The van der Waals surface area contributed by atoms with Crippen molar-refractivity contribution in [1.29, 1.82) is 0 Å². The molecule has 0 atom stereocenters. The highest BCUT2D eigenvalue weighted by Gasteiger charge is 2.81. The molecule has 6 radical (unpaired) electrons. The van der Waals surface area contributed by atoms with Crippen molar-refractivity contribution >= 4 is 21.0 Å². The van der Waals surface area contributed by atoms with Gasteiger partial charge in [0.1, 0.15) is 5.75 Å². The molecule has 2 aromatic rings. The van der Waals surface area contributed by atoms with Crippen molar-refractivity contribution in [1.82, 2.24) is 0 Å². The first-order valence-corrected chi connectivity index (χ1v) is 14.5. The van der Waals surface area contributed by atoms with Crippen LogP contribution in [0.1, 0.15) is 60.3 Å². The van der Waals surface area contributed by atoms with Crippen molar-refractivity contribution in [2.45, 2.75) is 90.2 Å². The number of alkyl halides is 9. The third kappa shape index (κ3) is 7.36. The molecule has 0 aromatic heterocycles. The Labute approximate surface area is 266 Å². The van der Waals surface area contributed by atoms with Gasteiger partial charge < -0.3 is 18.3 Å². The Hall–Kier alpha value is -2.38. The Morgan fingerprint density at radius 3 is 1.72 bits per heavy atom. The lowest BCUT2D eigenvalue weighted by molar-refractivity contribution is -0.396. The van der Waals surface area contributed by atoms with Crippen LogP contribution >= 0.6 is 0 Å². The van der Waals surface area contributed by atoms with Gasteiger partial charge in [-0.3, -0.25) is 0 Å². The molecule has 2 rings (SSSR count). The van der Waals surface area contributed by atoms with Gasteiger partial charge in [0.25, 0.3) is 21.0 Å². The van der Waals surface area contributed by atoms with E-state index in [0.717, 1.165) is 6.07 Å². The number of ether oxygens (including phenoxy) is 2. The van der Waals surface area contributed by atoms with Gasteiger partial charge in [-0.1, -0.05) is 53.2 Å². The Balaban J connectivity index is 2.11. The lowest BCUT2D eigenvalue weighted by atomic mass is 9.64. The highest BCUT2D eigenvalue weighted by molar-refractivity contribution is 6.00. The molecule has 0 aliphatic rings.